The normalized spacial score (nSPS) is 17.1. The van der Waals surface area contributed by atoms with Crippen molar-refractivity contribution in [2.24, 2.45) is 0 Å². The fourth-order valence-corrected chi connectivity index (χ4v) is 3.78. The molecule has 32 heavy (non-hydrogen) atoms. The number of allylic oxidation sites excluding steroid dienone is 1. The van der Waals surface area contributed by atoms with Gasteiger partial charge in [-0.3, -0.25) is 4.79 Å². The Kier molecular flexibility index (Phi) is 5.82. The second-order valence-electron chi connectivity index (χ2n) is 7.64. The lowest BCUT2D eigenvalue weighted by molar-refractivity contribution is -0.137. The number of carbonyl (C=O) groups excluding carboxylic acids is 2. The number of carbonyl (C=O) groups is 2. The smallest absolute Gasteiger partial charge is 0.416 e. The van der Waals surface area contributed by atoms with E-state index < -0.39 is 17.6 Å². The number of nitrogens with zero attached hydrogens (tertiary/aromatic N) is 1. The lowest BCUT2D eigenvalue weighted by Gasteiger charge is -2.28. The zero-order valence-electron chi connectivity index (χ0n) is 17.4. The van der Waals surface area contributed by atoms with Crippen LogP contribution in [0.15, 0.2) is 42.5 Å². The maximum absolute atomic E-state index is 13.0. The molecule has 2 N–H and O–H groups in total. The zero-order chi connectivity index (χ0) is 22.9. The fourth-order valence-electron chi connectivity index (χ4n) is 3.78. The molecular formula is C23H22F3N3O3. The Hall–Kier alpha value is -3.49. The van der Waals surface area contributed by atoms with Crippen molar-refractivity contribution in [3.8, 4) is 5.75 Å². The Morgan fingerprint density at radius 3 is 2.81 bits per heavy atom. The van der Waals surface area contributed by atoms with E-state index in [-0.39, 0.29) is 18.4 Å². The van der Waals surface area contributed by atoms with Gasteiger partial charge in [-0.15, -0.1) is 0 Å². The highest BCUT2D eigenvalue weighted by molar-refractivity contribution is 6.05. The van der Waals surface area contributed by atoms with Gasteiger partial charge in [0.05, 0.1) is 12.2 Å². The van der Waals surface area contributed by atoms with Crippen molar-refractivity contribution in [2.45, 2.75) is 32.5 Å². The van der Waals surface area contributed by atoms with Gasteiger partial charge in [0.1, 0.15) is 5.75 Å². The molecule has 2 aliphatic rings. The molecule has 0 unspecified atom stereocenters. The summed E-state index contributed by atoms with van der Waals surface area (Å²) in [7, 11) is 0. The lowest BCUT2D eigenvalue weighted by Crippen LogP contribution is -2.38. The Balaban J connectivity index is 1.55. The van der Waals surface area contributed by atoms with E-state index in [1.165, 1.54) is 12.1 Å². The Morgan fingerprint density at radius 1 is 1.25 bits per heavy atom. The third-order valence-corrected chi connectivity index (χ3v) is 5.46. The van der Waals surface area contributed by atoms with Crippen LogP contribution >= 0.6 is 0 Å². The second-order valence-corrected chi connectivity index (χ2v) is 7.64. The first-order chi connectivity index (χ1) is 15.2. The van der Waals surface area contributed by atoms with Crippen LogP contribution in [-0.2, 0) is 17.5 Å². The van der Waals surface area contributed by atoms with E-state index in [2.05, 4.69) is 10.6 Å². The van der Waals surface area contributed by atoms with Crippen molar-refractivity contribution in [1.82, 2.24) is 4.90 Å². The van der Waals surface area contributed by atoms with Gasteiger partial charge < -0.3 is 20.3 Å². The first kappa shape index (κ1) is 21.7. The van der Waals surface area contributed by atoms with Crippen LogP contribution in [-0.4, -0.2) is 30.0 Å². The van der Waals surface area contributed by atoms with Crippen LogP contribution in [0.4, 0.5) is 29.3 Å². The van der Waals surface area contributed by atoms with Gasteiger partial charge in [-0.1, -0.05) is 12.1 Å². The monoisotopic (exact) mass is 445 g/mol. The molecule has 3 amide bonds. The molecule has 6 nitrogen and oxygen atoms in total. The number of rotatable bonds is 3. The van der Waals surface area contributed by atoms with Crippen molar-refractivity contribution in [1.29, 1.82) is 0 Å². The van der Waals surface area contributed by atoms with Crippen molar-refractivity contribution >= 4 is 28.9 Å². The Bertz CT molecular complexity index is 1100. The van der Waals surface area contributed by atoms with Gasteiger partial charge in [0.15, 0.2) is 0 Å². The van der Waals surface area contributed by atoms with Gasteiger partial charge in [0, 0.05) is 36.1 Å². The van der Waals surface area contributed by atoms with Crippen molar-refractivity contribution < 1.29 is 27.5 Å². The highest BCUT2D eigenvalue weighted by Crippen LogP contribution is 2.38. The standard InChI is InChI=1S/C23H22F3N3O3/c1-2-29-13-15-5-7-17(12-19(15)28-22(29)31)27-21(30)10-14-4-3-9-32-20-11-16(23(24,25)26)6-8-18(14)20/h5-8,10-12H,2-4,9,13H2,1H3,(H,27,30)(H,28,31). The summed E-state index contributed by atoms with van der Waals surface area (Å²) in [5.74, 6) is -0.293. The molecule has 0 radical (unpaired) electrons. The van der Waals surface area contributed by atoms with Gasteiger partial charge in [-0.25, -0.2) is 4.79 Å². The van der Waals surface area contributed by atoms with Gasteiger partial charge in [-0.05, 0) is 55.2 Å². The average Bonchev–Trinajstić information content (AvgIpc) is 2.94. The number of halogens is 3. The van der Waals surface area contributed by atoms with E-state index in [1.807, 2.05) is 13.0 Å². The summed E-state index contributed by atoms with van der Waals surface area (Å²) >= 11 is 0. The third-order valence-electron chi connectivity index (χ3n) is 5.46. The predicted octanol–water partition coefficient (Wildman–Crippen LogP) is 5.27. The molecule has 4 rings (SSSR count). The molecule has 0 spiro atoms. The summed E-state index contributed by atoms with van der Waals surface area (Å²) in [6.07, 6.45) is -2.01. The lowest BCUT2D eigenvalue weighted by atomic mass is 9.99. The van der Waals surface area contributed by atoms with Crippen LogP contribution in [0.5, 0.6) is 5.75 Å². The number of hydrogen-bond donors (Lipinski definition) is 2. The number of nitrogens with one attached hydrogen (secondary N) is 2. The second kappa shape index (κ2) is 8.57. The minimum absolute atomic E-state index is 0.119. The highest BCUT2D eigenvalue weighted by Gasteiger charge is 2.32. The topological polar surface area (TPSA) is 70.7 Å². The summed E-state index contributed by atoms with van der Waals surface area (Å²) < 4.78 is 44.6. The summed E-state index contributed by atoms with van der Waals surface area (Å²) in [5, 5.41) is 5.57. The number of alkyl halides is 3. The molecule has 9 heteroatoms. The zero-order valence-corrected chi connectivity index (χ0v) is 17.4. The number of ether oxygens (including phenoxy) is 1. The molecule has 2 aliphatic heterocycles. The highest BCUT2D eigenvalue weighted by atomic mass is 19.4. The summed E-state index contributed by atoms with van der Waals surface area (Å²) in [6.45, 7) is 3.25. The molecule has 0 bridgehead atoms. The van der Waals surface area contributed by atoms with Crippen LogP contribution in [0, 0.1) is 0 Å². The number of urea groups is 1. The molecule has 0 atom stereocenters. The quantitative estimate of drug-likeness (QED) is 0.633. The largest absolute Gasteiger partial charge is 0.493 e. The van der Waals surface area contributed by atoms with Crippen molar-refractivity contribution in [3.63, 3.8) is 0 Å². The summed E-state index contributed by atoms with van der Waals surface area (Å²) in [4.78, 5) is 26.4. The van der Waals surface area contributed by atoms with Gasteiger partial charge >= 0.3 is 12.2 Å². The average molecular weight is 445 g/mol. The van der Waals surface area contributed by atoms with Crippen molar-refractivity contribution in [2.75, 3.05) is 23.8 Å². The van der Waals surface area contributed by atoms with E-state index in [0.717, 1.165) is 17.7 Å². The van der Waals surface area contributed by atoms with Crippen LogP contribution in [0.1, 0.15) is 36.5 Å². The number of hydrogen-bond acceptors (Lipinski definition) is 3. The molecule has 2 aromatic rings. The minimum Gasteiger partial charge on any atom is -0.493 e. The number of benzene rings is 2. The van der Waals surface area contributed by atoms with Gasteiger partial charge in [-0.2, -0.15) is 13.2 Å². The Labute approximate surface area is 183 Å². The first-order valence-electron chi connectivity index (χ1n) is 10.3. The Morgan fingerprint density at radius 2 is 2.06 bits per heavy atom. The van der Waals surface area contributed by atoms with E-state index >= 15 is 0 Å². The molecule has 0 saturated heterocycles. The number of anilines is 2. The van der Waals surface area contributed by atoms with E-state index in [9.17, 15) is 22.8 Å². The van der Waals surface area contributed by atoms with Crippen LogP contribution in [0.3, 0.4) is 0 Å². The SMILES string of the molecule is CCN1Cc2ccc(NC(=O)C=C3CCCOc4cc(C(F)(F)F)ccc43)cc2NC1=O. The fraction of sp³-hybridized carbons (Fsp3) is 0.304. The predicted molar refractivity (Wildman–Crippen MR) is 114 cm³/mol. The summed E-state index contributed by atoms with van der Waals surface area (Å²) in [6, 6.07) is 8.39. The van der Waals surface area contributed by atoms with Crippen molar-refractivity contribution in [3.05, 3.63) is 59.2 Å². The number of fused-ring (bicyclic) bond motifs is 2. The van der Waals surface area contributed by atoms with Gasteiger partial charge in [0.2, 0.25) is 5.91 Å². The molecule has 168 valence electrons. The van der Waals surface area contributed by atoms with Crippen LogP contribution in [0.2, 0.25) is 0 Å². The van der Waals surface area contributed by atoms with E-state index in [1.54, 1.807) is 17.0 Å². The van der Waals surface area contributed by atoms with Crippen LogP contribution in [0.25, 0.3) is 5.57 Å². The molecule has 0 aromatic heterocycles. The van der Waals surface area contributed by atoms with E-state index in [0.29, 0.717) is 48.4 Å². The minimum atomic E-state index is -4.47. The molecular weight excluding hydrogens is 423 g/mol. The maximum Gasteiger partial charge on any atom is 0.416 e. The molecule has 0 aliphatic carbocycles. The molecule has 2 heterocycles. The van der Waals surface area contributed by atoms with E-state index in [4.69, 9.17) is 4.74 Å². The maximum atomic E-state index is 13.0. The van der Waals surface area contributed by atoms with Crippen LogP contribution < -0.4 is 15.4 Å². The first-order valence-corrected chi connectivity index (χ1v) is 10.3. The van der Waals surface area contributed by atoms with Gasteiger partial charge in [0.25, 0.3) is 0 Å². The molecule has 0 saturated carbocycles. The third kappa shape index (κ3) is 4.56. The molecule has 2 aromatic carbocycles. The molecule has 0 fully saturated rings. The summed E-state index contributed by atoms with van der Waals surface area (Å²) in [5.41, 5.74) is 2.38. The number of amides is 3.